The van der Waals surface area contributed by atoms with Gasteiger partial charge < -0.3 is 5.32 Å². The Morgan fingerprint density at radius 3 is 2.43 bits per heavy atom. The van der Waals surface area contributed by atoms with E-state index in [2.05, 4.69) is 10.3 Å². The van der Waals surface area contributed by atoms with Crippen molar-refractivity contribution in [1.82, 2.24) is 4.98 Å². The summed E-state index contributed by atoms with van der Waals surface area (Å²) < 4.78 is 37.2. The predicted octanol–water partition coefficient (Wildman–Crippen LogP) is 2.70. The van der Waals surface area contributed by atoms with Crippen LogP contribution in [0.5, 0.6) is 0 Å². The first-order valence-corrected chi connectivity index (χ1v) is 4.24. The number of anilines is 1. The molecule has 0 aliphatic carbocycles. The molecule has 1 aromatic heterocycles. The Morgan fingerprint density at radius 1 is 1.36 bits per heavy atom. The third-order valence-corrected chi connectivity index (χ3v) is 1.87. The van der Waals surface area contributed by atoms with Gasteiger partial charge in [-0.3, -0.25) is 0 Å². The zero-order chi connectivity index (χ0) is 10.8. The zero-order valence-corrected chi connectivity index (χ0v) is 7.94. The molecule has 1 aromatic rings. The maximum absolute atomic E-state index is 12.4. The second-order valence-electron chi connectivity index (χ2n) is 2.79. The summed E-state index contributed by atoms with van der Waals surface area (Å²) in [7, 11) is 1.62. The van der Waals surface area contributed by atoms with E-state index >= 15 is 0 Å². The number of rotatable bonds is 2. The number of nitrogens with zero attached hydrogens (tertiary/aromatic N) is 1. The highest BCUT2D eigenvalue weighted by molar-refractivity contribution is 5.39. The number of halogens is 3. The van der Waals surface area contributed by atoms with Crippen LogP contribution in [0.4, 0.5) is 19.0 Å². The number of alkyl halides is 3. The summed E-state index contributed by atoms with van der Waals surface area (Å²) in [5.74, 6) is 0.454. The topological polar surface area (TPSA) is 24.9 Å². The molecule has 14 heavy (non-hydrogen) atoms. The highest BCUT2D eigenvalue weighted by atomic mass is 19.4. The SMILES string of the molecule is CCc1nc(NC)ccc1C(F)(F)F. The molecule has 0 bridgehead atoms. The van der Waals surface area contributed by atoms with Crippen molar-refractivity contribution in [2.75, 3.05) is 12.4 Å². The van der Waals surface area contributed by atoms with Gasteiger partial charge in [0.25, 0.3) is 0 Å². The molecule has 2 nitrogen and oxygen atoms in total. The molecule has 0 atom stereocenters. The van der Waals surface area contributed by atoms with Crippen molar-refractivity contribution in [3.8, 4) is 0 Å². The van der Waals surface area contributed by atoms with Crippen LogP contribution in [0.25, 0.3) is 0 Å². The summed E-state index contributed by atoms with van der Waals surface area (Å²) in [6.07, 6.45) is -4.05. The molecule has 0 radical (unpaired) electrons. The minimum Gasteiger partial charge on any atom is -0.373 e. The number of aryl methyl sites for hydroxylation is 1. The van der Waals surface area contributed by atoms with Gasteiger partial charge in [0, 0.05) is 7.05 Å². The third-order valence-electron chi connectivity index (χ3n) is 1.87. The van der Waals surface area contributed by atoms with Crippen molar-refractivity contribution < 1.29 is 13.2 Å². The largest absolute Gasteiger partial charge is 0.418 e. The fraction of sp³-hybridized carbons (Fsp3) is 0.444. The van der Waals surface area contributed by atoms with Gasteiger partial charge in [0.2, 0.25) is 0 Å². The van der Waals surface area contributed by atoms with E-state index in [0.29, 0.717) is 5.82 Å². The Labute approximate surface area is 80.2 Å². The van der Waals surface area contributed by atoms with E-state index in [1.807, 2.05) is 0 Å². The highest BCUT2D eigenvalue weighted by Gasteiger charge is 2.33. The maximum Gasteiger partial charge on any atom is 0.418 e. The van der Waals surface area contributed by atoms with Crippen molar-refractivity contribution in [2.45, 2.75) is 19.5 Å². The molecule has 0 amide bonds. The molecular weight excluding hydrogens is 193 g/mol. The van der Waals surface area contributed by atoms with Crippen LogP contribution in [0, 0.1) is 0 Å². The summed E-state index contributed by atoms with van der Waals surface area (Å²) in [5.41, 5.74) is -0.580. The number of hydrogen-bond acceptors (Lipinski definition) is 2. The van der Waals surface area contributed by atoms with E-state index in [9.17, 15) is 13.2 Å². The fourth-order valence-electron chi connectivity index (χ4n) is 1.17. The van der Waals surface area contributed by atoms with Crippen LogP contribution in [0.1, 0.15) is 18.2 Å². The zero-order valence-electron chi connectivity index (χ0n) is 7.94. The van der Waals surface area contributed by atoms with Gasteiger partial charge >= 0.3 is 6.18 Å². The van der Waals surface area contributed by atoms with Gasteiger partial charge in [0.15, 0.2) is 0 Å². The molecule has 1 rings (SSSR count). The highest BCUT2D eigenvalue weighted by Crippen LogP contribution is 2.32. The van der Waals surface area contributed by atoms with Crippen LogP contribution in [0.15, 0.2) is 12.1 Å². The molecule has 0 spiro atoms. The van der Waals surface area contributed by atoms with Crippen molar-refractivity contribution in [3.05, 3.63) is 23.4 Å². The van der Waals surface area contributed by atoms with Crippen LogP contribution in [0.3, 0.4) is 0 Å². The molecule has 0 unspecified atom stereocenters. The van der Waals surface area contributed by atoms with E-state index in [0.717, 1.165) is 6.07 Å². The van der Waals surface area contributed by atoms with Crippen molar-refractivity contribution in [2.24, 2.45) is 0 Å². The predicted molar refractivity (Wildman–Crippen MR) is 48.2 cm³/mol. The quantitative estimate of drug-likeness (QED) is 0.801. The monoisotopic (exact) mass is 204 g/mol. The lowest BCUT2D eigenvalue weighted by Gasteiger charge is -2.11. The maximum atomic E-state index is 12.4. The molecule has 0 aliphatic rings. The number of aromatic nitrogens is 1. The Morgan fingerprint density at radius 2 is 2.00 bits per heavy atom. The van der Waals surface area contributed by atoms with Crippen LogP contribution >= 0.6 is 0 Å². The number of hydrogen-bond donors (Lipinski definition) is 1. The molecule has 0 fully saturated rings. The Kier molecular flexibility index (Phi) is 2.98. The van der Waals surface area contributed by atoms with Crippen LogP contribution in [-0.2, 0) is 12.6 Å². The van der Waals surface area contributed by atoms with Gasteiger partial charge in [-0.2, -0.15) is 13.2 Å². The fourth-order valence-corrected chi connectivity index (χ4v) is 1.17. The molecule has 0 aromatic carbocycles. The molecule has 1 N–H and O–H groups in total. The van der Waals surface area contributed by atoms with Gasteiger partial charge in [-0.25, -0.2) is 4.98 Å². The first-order chi connectivity index (χ1) is 6.49. The van der Waals surface area contributed by atoms with Gasteiger partial charge in [-0.05, 0) is 18.6 Å². The van der Waals surface area contributed by atoms with Gasteiger partial charge in [-0.1, -0.05) is 6.92 Å². The second kappa shape index (κ2) is 3.86. The molecule has 0 aliphatic heterocycles. The normalized spacial score (nSPS) is 11.5. The third kappa shape index (κ3) is 2.16. The number of nitrogens with one attached hydrogen (secondary N) is 1. The molecule has 0 saturated carbocycles. The van der Waals surface area contributed by atoms with Crippen LogP contribution in [0.2, 0.25) is 0 Å². The van der Waals surface area contributed by atoms with Crippen LogP contribution in [-0.4, -0.2) is 12.0 Å². The summed E-state index contributed by atoms with van der Waals surface area (Å²) in [6.45, 7) is 1.65. The average Bonchev–Trinajstić information content (AvgIpc) is 2.15. The standard InChI is InChI=1S/C9H11F3N2/c1-3-7-6(9(10,11)12)4-5-8(13-2)14-7/h4-5H,3H2,1-2H3,(H,13,14). The lowest BCUT2D eigenvalue weighted by atomic mass is 10.1. The minimum atomic E-state index is -4.31. The molecule has 5 heteroatoms. The first kappa shape index (κ1) is 10.8. The van der Waals surface area contributed by atoms with Crippen molar-refractivity contribution in [1.29, 1.82) is 0 Å². The average molecular weight is 204 g/mol. The molecule has 78 valence electrons. The molecule has 1 heterocycles. The van der Waals surface area contributed by atoms with Gasteiger partial charge in [0.05, 0.1) is 11.3 Å². The van der Waals surface area contributed by atoms with E-state index < -0.39 is 11.7 Å². The lowest BCUT2D eigenvalue weighted by Crippen LogP contribution is -2.11. The summed E-state index contributed by atoms with van der Waals surface area (Å²) in [5, 5.41) is 2.70. The summed E-state index contributed by atoms with van der Waals surface area (Å²) in [4.78, 5) is 3.85. The van der Waals surface area contributed by atoms with E-state index in [1.165, 1.54) is 6.07 Å². The Hall–Kier alpha value is -1.26. The molecular formula is C9H11F3N2. The van der Waals surface area contributed by atoms with Crippen molar-refractivity contribution >= 4 is 5.82 Å². The van der Waals surface area contributed by atoms with E-state index in [4.69, 9.17) is 0 Å². The molecule has 0 saturated heterocycles. The minimum absolute atomic E-state index is 0.0735. The smallest absolute Gasteiger partial charge is 0.373 e. The van der Waals surface area contributed by atoms with Crippen molar-refractivity contribution in [3.63, 3.8) is 0 Å². The number of pyridine rings is 1. The van der Waals surface area contributed by atoms with Crippen LogP contribution < -0.4 is 5.32 Å². The summed E-state index contributed by atoms with van der Waals surface area (Å²) in [6, 6.07) is 2.37. The second-order valence-corrected chi connectivity index (χ2v) is 2.79. The van der Waals surface area contributed by atoms with Gasteiger partial charge in [-0.15, -0.1) is 0 Å². The Balaban J connectivity index is 3.18. The van der Waals surface area contributed by atoms with E-state index in [-0.39, 0.29) is 12.1 Å². The lowest BCUT2D eigenvalue weighted by molar-refractivity contribution is -0.138. The summed E-state index contributed by atoms with van der Waals surface area (Å²) >= 11 is 0. The Bertz CT molecular complexity index is 320. The van der Waals surface area contributed by atoms with E-state index in [1.54, 1.807) is 14.0 Å². The first-order valence-electron chi connectivity index (χ1n) is 4.24. The van der Waals surface area contributed by atoms with Gasteiger partial charge in [0.1, 0.15) is 5.82 Å².